The summed E-state index contributed by atoms with van der Waals surface area (Å²) >= 11 is 0. The van der Waals surface area contributed by atoms with Gasteiger partial charge in [0.05, 0.1) is 25.3 Å². The van der Waals surface area contributed by atoms with Crippen LogP contribution in [0.4, 0.5) is 0 Å². The second kappa shape index (κ2) is 10.5. The maximum atomic E-state index is 11.9. The molecule has 13 heteroatoms. The van der Waals surface area contributed by atoms with Gasteiger partial charge in [-0.05, 0) is 0 Å². The monoisotopic (exact) mass is 383 g/mol. The van der Waals surface area contributed by atoms with Gasteiger partial charge in [-0.3, -0.25) is 24.0 Å². The van der Waals surface area contributed by atoms with Crippen molar-refractivity contribution in [1.82, 2.24) is 25.9 Å². The first-order valence-corrected chi connectivity index (χ1v) is 7.76. The molecule has 1 aromatic heterocycles. The van der Waals surface area contributed by atoms with Gasteiger partial charge in [0.2, 0.25) is 23.6 Å². The molecule has 1 rings (SSSR count). The lowest BCUT2D eigenvalue weighted by Gasteiger charge is -2.17. The number of rotatable bonds is 11. The highest BCUT2D eigenvalue weighted by molar-refractivity contribution is 5.94. The molecule has 9 N–H and O–H groups in total. The molecule has 0 fully saturated rings. The average Bonchev–Trinajstić information content (AvgIpc) is 3.09. The van der Waals surface area contributed by atoms with Crippen molar-refractivity contribution in [2.45, 2.75) is 24.9 Å². The van der Waals surface area contributed by atoms with Crippen LogP contribution in [0.5, 0.6) is 0 Å². The zero-order chi connectivity index (χ0) is 20.4. The Hall–Kier alpha value is -3.48. The first-order valence-electron chi connectivity index (χ1n) is 7.76. The number of carbonyl (C=O) groups excluding carboxylic acids is 4. The van der Waals surface area contributed by atoms with Crippen LogP contribution in [-0.2, 0) is 30.4 Å². The van der Waals surface area contributed by atoms with Gasteiger partial charge in [0, 0.05) is 18.3 Å². The smallest absolute Gasteiger partial charge is 0.322 e. The van der Waals surface area contributed by atoms with Crippen molar-refractivity contribution in [2.75, 3.05) is 13.1 Å². The Morgan fingerprint density at radius 1 is 1.15 bits per heavy atom. The number of hydrogen-bond acceptors (Lipinski definition) is 7. The average molecular weight is 383 g/mol. The molecule has 13 nitrogen and oxygen atoms in total. The molecule has 1 aromatic rings. The normalized spacial score (nSPS) is 12.5. The van der Waals surface area contributed by atoms with Crippen molar-refractivity contribution >= 4 is 29.6 Å². The fourth-order valence-electron chi connectivity index (χ4n) is 1.97. The first-order chi connectivity index (χ1) is 12.7. The van der Waals surface area contributed by atoms with Crippen molar-refractivity contribution in [3.8, 4) is 0 Å². The van der Waals surface area contributed by atoms with E-state index in [2.05, 4.69) is 20.6 Å². The number of aromatic nitrogens is 2. The van der Waals surface area contributed by atoms with Crippen LogP contribution in [0, 0.1) is 0 Å². The Morgan fingerprint density at radius 2 is 1.81 bits per heavy atom. The number of hydrogen-bond donors (Lipinski definition) is 7. The molecule has 2 unspecified atom stereocenters. The Kier molecular flexibility index (Phi) is 8.38. The van der Waals surface area contributed by atoms with Gasteiger partial charge in [-0.15, -0.1) is 0 Å². The second-order valence-corrected chi connectivity index (χ2v) is 5.51. The summed E-state index contributed by atoms with van der Waals surface area (Å²) in [6, 6.07) is -2.30. The van der Waals surface area contributed by atoms with E-state index >= 15 is 0 Å². The van der Waals surface area contributed by atoms with Crippen molar-refractivity contribution in [1.29, 1.82) is 0 Å². The van der Waals surface area contributed by atoms with E-state index in [4.69, 9.17) is 16.6 Å². The third kappa shape index (κ3) is 8.44. The number of aromatic amines is 1. The van der Waals surface area contributed by atoms with Crippen molar-refractivity contribution in [3.05, 3.63) is 18.2 Å². The van der Waals surface area contributed by atoms with E-state index in [-0.39, 0.29) is 6.42 Å². The highest BCUT2D eigenvalue weighted by Gasteiger charge is 2.24. The first kappa shape index (κ1) is 21.6. The second-order valence-electron chi connectivity index (χ2n) is 5.51. The van der Waals surface area contributed by atoms with Gasteiger partial charge >= 0.3 is 5.97 Å². The van der Waals surface area contributed by atoms with Gasteiger partial charge in [0.15, 0.2) is 0 Å². The maximum Gasteiger partial charge on any atom is 0.322 e. The number of aliphatic carboxylic acids is 1. The molecule has 0 radical (unpaired) electrons. The van der Waals surface area contributed by atoms with Crippen LogP contribution in [0.1, 0.15) is 12.1 Å². The molecule has 0 aromatic carbocycles. The number of carboxylic acids is 1. The number of H-pyrrole nitrogens is 1. The molecule has 148 valence electrons. The van der Waals surface area contributed by atoms with Crippen molar-refractivity contribution in [3.63, 3.8) is 0 Å². The number of nitrogens with two attached hydrogens (primary N) is 2. The van der Waals surface area contributed by atoms with E-state index in [9.17, 15) is 24.0 Å². The predicted molar refractivity (Wildman–Crippen MR) is 89.7 cm³/mol. The van der Waals surface area contributed by atoms with Crippen LogP contribution in [0.15, 0.2) is 12.5 Å². The number of nitrogens with zero attached hydrogens (tertiary/aromatic N) is 1. The number of imidazole rings is 1. The maximum absolute atomic E-state index is 11.9. The summed E-state index contributed by atoms with van der Waals surface area (Å²) in [7, 11) is 0. The van der Waals surface area contributed by atoms with E-state index in [1.807, 2.05) is 5.32 Å². The van der Waals surface area contributed by atoms with E-state index in [1.165, 1.54) is 12.5 Å². The summed E-state index contributed by atoms with van der Waals surface area (Å²) in [4.78, 5) is 63.7. The lowest BCUT2D eigenvalue weighted by Crippen LogP contribution is -2.52. The number of nitrogens with one attached hydrogen (secondary N) is 4. The summed E-state index contributed by atoms with van der Waals surface area (Å²) < 4.78 is 0. The summed E-state index contributed by atoms with van der Waals surface area (Å²) in [6.07, 6.45) is 2.57. The lowest BCUT2D eigenvalue weighted by molar-refractivity contribution is -0.138. The van der Waals surface area contributed by atoms with Crippen molar-refractivity contribution in [2.24, 2.45) is 11.5 Å². The summed E-state index contributed by atoms with van der Waals surface area (Å²) in [5.41, 5.74) is 11.4. The largest absolute Gasteiger partial charge is 0.480 e. The minimum absolute atomic E-state index is 0.176. The molecule has 0 saturated heterocycles. The van der Waals surface area contributed by atoms with Crippen LogP contribution in [-0.4, -0.2) is 69.8 Å². The molecule has 0 aliphatic rings. The minimum atomic E-state index is -1.37. The van der Waals surface area contributed by atoms with E-state index < -0.39 is 61.2 Å². The third-order valence-corrected chi connectivity index (χ3v) is 3.23. The van der Waals surface area contributed by atoms with Gasteiger partial charge in [-0.1, -0.05) is 0 Å². The van der Waals surface area contributed by atoms with Crippen LogP contribution in [0.25, 0.3) is 0 Å². The molecule has 0 aliphatic heterocycles. The van der Waals surface area contributed by atoms with Crippen LogP contribution < -0.4 is 27.4 Å². The number of amides is 4. The Bertz CT molecular complexity index is 690. The molecular weight excluding hydrogens is 362 g/mol. The number of carboxylic acid groups (broad SMARTS) is 1. The minimum Gasteiger partial charge on any atom is -0.480 e. The van der Waals surface area contributed by atoms with E-state index in [0.29, 0.717) is 5.69 Å². The fraction of sp³-hybridized carbons (Fsp3) is 0.429. The van der Waals surface area contributed by atoms with Gasteiger partial charge < -0.3 is 37.5 Å². The Balaban J connectivity index is 2.49. The summed E-state index contributed by atoms with van der Waals surface area (Å²) in [6.45, 7) is -1.19. The van der Waals surface area contributed by atoms with Crippen LogP contribution in [0.2, 0.25) is 0 Å². The zero-order valence-corrected chi connectivity index (χ0v) is 14.2. The molecule has 2 atom stereocenters. The van der Waals surface area contributed by atoms with Crippen LogP contribution in [0.3, 0.4) is 0 Å². The molecule has 0 aliphatic carbocycles. The molecule has 27 heavy (non-hydrogen) atoms. The van der Waals surface area contributed by atoms with Crippen molar-refractivity contribution < 1.29 is 29.1 Å². The molecule has 4 amide bonds. The fourth-order valence-corrected chi connectivity index (χ4v) is 1.97. The van der Waals surface area contributed by atoms with Gasteiger partial charge in [0.25, 0.3) is 0 Å². The van der Waals surface area contributed by atoms with Crippen LogP contribution >= 0.6 is 0 Å². The standard InChI is InChI=1S/C14H21N7O6/c15-8(1-7-3-17-6-20-7)13(26)18-4-11(23)21-9(2-10(16)22)14(27)19-5-12(24)25/h3,6,8-9H,1-2,4-5,15H2,(H2,16,22)(H,17,20)(H,18,26)(H,19,27)(H,21,23)(H,24,25). The summed E-state index contributed by atoms with van der Waals surface area (Å²) in [5, 5.41) is 15.0. The Morgan fingerprint density at radius 3 is 2.37 bits per heavy atom. The third-order valence-electron chi connectivity index (χ3n) is 3.23. The Labute approximate surface area is 153 Å². The molecule has 0 saturated carbocycles. The molecular formula is C14H21N7O6. The van der Waals surface area contributed by atoms with E-state index in [0.717, 1.165) is 0 Å². The zero-order valence-electron chi connectivity index (χ0n) is 14.2. The SMILES string of the molecule is NC(=O)CC(NC(=O)CNC(=O)C(N)Cc1cnc[nH]1)C(=O)NCC(=O)O. The highest BCUT2D eigenvalue weighted by Crippen LogP contribution is 1.96. The predicted octanol–water partition coefficient (Wildman–Crippen LogP) is -4.04. The van der Waals surface area contributed by atoms with Gasteiger partial charge in [-0.25, -0.2) is 4.98 Å². The van der Waals surface area contributed by atoms with Gasteiger partial charge in [-0.2, -0.15) is 0 Å². The molecule has 1 heterocycles. The lowest BCUT2D eigenvalue weighted by atomic mass is 10.1. The van der Waals surface area contributed by atoms with Gasteiger partial charge in [0.1, 0.15) is 12.6 Å². The number of primary amides is 1. The van der Waals surface area contributed by atoms with E-state index in [1.54, 1.807) is 0 Å². The summed E-state index contributed by atoms with van der Waals surface area (Å²) in [5.74, 6) is -4.47. The highest BCUT2D eigenvalue weighted by atomic mass is 16.4. The topological polar surface area (TPSA) is 222 Å². The quantitative estimate of drug-likeness (QED) is 0.199. The molecule has 0 spiro atoms. The molecule has 0 bridgehead atoms. The number of carbonyl (C=O) groups is 5.